The molecule has 5 aromatic rings. The fourth-order valence-corrected chi connectivity index (χ4v) is 4.83. The number of aryl methyl sites for hydroxylation is 1. The maximum Gasteiger partial charge on any atom is 0.279 e. The molecule has 2 aromatic heterocycles. The van der Waals surface area contributed by atoms with E-state index in [0.717, 1.165) is 23.0 Å². The molecule has 0 saturated heterocycles. The van der Waals surface area contributed by atoms with Gasteiger partial charge in [0.2, 0.25) is 5.71 Å². The van der Waals surface area contributed by atoms with Crippen molar-refractivity contribution < 1.29 is 12.8 Å². The van der Waals surface area contributed by atoms with Crippen LogP contribution < -0.4 is 5.56 Å². The Labute approximate surface area is 184 Å². The molecule has 2 heterocycles. The van der Waals surface area contributed by atoms with Gasteiger partial charge in [0.25, 0.3) is 15.6 Å². The van der Waals surface area contributed by atoms with Crippen molar-refractivity contribution in [3.63, 3.8) is 0 Å². The minimum Gasteiger partial charge on any atom is -0.437 e. The lowest BCUT2D eigenvalue weighted by Crippen LogP contribution is -2.27. The summed E-state index contributed by atoms with van der Waals surface area (Å²) in [6, 6.07) is 24.9. The molecule has 0 spiro atoms. The number of aromatic nitrogens is 2. The molecule has 6 nitrogen and oxygen atoms in total. The molecule has 0 fully saturated rings. The van der Waals surface area contributed by atoms with Crippen molar-refractivity contribution in [1.29, 1.82) is 0 Å². The fourth-order valence-electron chi connectivity index (χ4n) is 3.64. The molecule has 0 saturated carbocycles. The van der Waals surface area contributed by atoms with Crippen LogP contribution >= 0.6 is 0 Å². The molecule has 0 aliphatic rings. The van der Waals surface area contributed by atoms with Crippen LogP contribution in [0.4, 0.5) is 0 Å². The first-order chi connectivity index (χ1) is 15.5. The van der Waals surface area contributed by atoms with Crippen molar-refractivity contribution in [2.75, 3.05) is 0 Å². The molecule has 0 atom stereocenters. The Hall–Kier alpha value is -3.97. The number of hydrogen-bond donors (Lipinski definition) is 0. The van der Waals surface area contributed by atoms with Crippen LogP contribution in [0, 0.1) is 6.92 Å². The van der Waals surface area contributed by atoms with Crippen molar-refractivity contribution in [1.82, 2.24) is 8.96 Å². The fraction of sp³-hybridized carbons (Fsp3) is 0.0400. The third-order valence-corrected chi connectivity index (χ3v) is 6.91. The topological polar surface area (TPSA) is 82.2 Å². The molecule has 0 unspecified atom stereocenters. The van der Waals surface area contributed by atoms with E-state index in [-0.39, 0.29) is 16.0 Å². The zero-order valence-electron chi connectivity index (χ0n) is 17.1. The number of hydrogen-bond acceptors (Lipinski definition) is 5. The van der Waals surface area contributed by atoms with Gasteiger partial charge in [-0.2, -0.15) is 3.97 Å². The highest BCUT2D eigenvalue weighted by molar-refractivity contribution is 7.90. The molecule has 5 rings (SSSR count). The summed E-state index contributed by atoms with van der Waals surface area (Å²) in [5, 5.41) is 0.119. The number of benzene rings is 3. The summed E-state index contributed by atoms with van der Waals surface area (Å²) in [5.74, 6) is 0.460. The predicted octanol–water partition coefficient (Wildman–Crippen LogP) is 4.87. The second kappa shape index (κ2) is 7.62. The average Bonchev–Trinajstić information content (AvgIpc) is 3.21. The smallest absolute Gasteiger partial charge is 0.279 e. The number of furan rings is 1. The highest BCUT2D eigenvalue weighted by Gasteiger charge is 2.26. The van der Waals surface area contributed by atoms with Crippen LogP contribution in [-0.4, -0.2) is 17.4 Å². The van der Waals surface area contributed by atoms with Gasteiger partial charge in [-0.1, -0.05) is 78.4 Å². The average molecular weight is 442 g/mol. The molecule has 3 aromatic carbocycles. The number of nitrogens with zero attached hydrogens (tertiary/aromatic N) is 2. The Balaban J connectivity index is 1.83. The van der Waals surface area contributed by atoms with E-state index in [0.29, 0.717) is 15.3 Å². The highest BCUT2D eigenvalue weighted by Crippen LogP contribution is 2.38. The molecule has 32 heavy (non-hydrogen) atoms. The molecule has 0 N–H and O–H groups in total. The molecular weight excluding hydrogens is 424 g/mol. The lowest BCUT2D eigenvalue weighted by Gasteiger charge is -2.08. The van der Waals surface area contributed by atoms with Gasteiger partial charge in [0.1, 0.15) is 17.5 Å². The van der Waals surface area contributed by atoms with Gasteiger partial charge >= 0.3 is 0 Å². The predicted molar refractivity (Wildman–Crippen MR) is 123 cm³/mol. The monoisotopic (exact) mass is 442 g/mol. The Morgan fingerprint density at radius 3 is 2.03 bits per heavy atom. The van der Waals surface area contributed by atoms with Crippen LogP contribution in [0.2, 0.25) is 0 Å². The van der Waals surface area contributed by atoms with Crippen molar-refractivity contribution in [2.45, 2.75) is 11.8 Å². The van der Waals surface area contributed by atoms with Crippen molar-refractivity contribution in [3.05, 3.63) is 107 Å². The third kappa shape index (κ3) is 3.23. The molecule has 0 bridgehead atoms. The molecule has 0 amide bonds. The van der Waals surface area contributed by atoms with E-state index < -0.39 is 15.6 Å². The lowest BCUT2D eigenvalue weighted by atomic mass is 10.00. The molecule has 7 heteroatoms. The van der Waals surface area contributed by atoms with Gasteiger partial charge in [-0.05, 0) is 24.6 Å². The highest BCUT2D eigenvalue weighted by atomic mass is 32.2. The molecular formula is C25H18N2O4S. The normalized spacial score (nSPS) is 11.7. The van der Waals surface area contributed by atoms with Crippen LogP contribution in [-0.2, 0) is 10.0 Å². The summed E-state index contributed by atoms with van der Waals surface area (Å²) in [7, 11) is -4.13. The lowest BCUT2D eigenvalue weighted by molar-refractivity contribution is 0.583. The Kier molecular flexibility index (Phi) is 4.75. The van der Waals surface area contributed by atoms with Gasteiger partial charge in [-0.15, -0.1) is 0 Å². The largest absolute Gasteiger partial charge is 0.437 e. The quantitative estimate of drug-likeness (QED) is 0.397. The van der Waals surface area contributed by atoms with E-state index in [9.17, 15) is 13.2 Å². The SMILES string of the molecule is Cc1ccc(S(=O)(=O)n2cnc3oc(-c4ccccc4)c(-c4ccccc4)c3c2=O)cc1. The van der Waals surface area contributed by atoms with Crippen LogP contribution in [0.3, 0.4) is 0 Å². The van der Waals surface area contributed by atoms with Crippen molar-refractivity contribution in [2.24, 2.45) is 0 Å². The maximum atomic E-state index is 13.5. The van der Waals surface area contributed by atoms with Crippen molar-refractivity contribution in [3.8, 4) is 22.5 Å². The van der Waals surface area contributed by atoms with Gasteiger partial charge < -0.3 is 4.42 Å². The third-order valence-electron chi connectivity index (χ3n) is 5.26. The Bertz CT molecular complexity index is 1590. The summed E-state index contributed by atoms with van der Waals surface area (Å²) in [6.07, 6.45) is 1.01. The van der Waals surface area contributed by atoms with E-state index in [2.05, 4.69) is 4.98 Å². The van der Waals surface area contributed by atoms with Gasteiger partial charge in [0.05, 0.1) is 4.90 Å². The van der Waals surface area contributed by atoms with E-state index in [4.69, 9.17) is 4.42 Å². The van der Waals surface area contributed by atoms with Gasteiger partial charge in [0.15, 0.2) is 0 Å². The van der Waals surface area contributed by atoms with E-state index in [1.165, 1.54) is 12.1 Å². The van der Waals surface area contributed by atoms with E-state index in [1.54, 1.807) is 12.1 Å². The maximum absolute atomic E-state index is 13.5. The van der Waals surface area contributed by atoms with Gasteiger partial charge in [-0.25, -0.2) is 13.4 Å². The van der Waals surface area contributed by atoms with Crippen LogP contribution in [0.5, 0.6) is 0 Å². The first kappa shape index (κ1) is 20.0. The van der Waals surface area contributed by atoms with Gasteiger partial charge in [0, 0.05) is 11.1 Å². The molecule has 0 aliphatic heterocycles. The second-order valence-corrected chi connectivity index (χ2v) is 9.20. The Morgan fingerprint density at radius 2 is 1.41 bits per heavy atom. The van der Waals surface area contributed by atoms with Crippen molar-refractivity contribution >= 4 is 21.1 Å². The minimum absolute atomic E-state index is 0.0133. The minimum atomic E-state index is -4.13. The van der Waals surface area contributed by atoms with Gasteiger partial charge in [-0.3, -0.25) is 4.79 Å². The second-order valence-electron chi connectivity index (χ2n) is 7.38. The molecule has 0 radical (unpaired) electrons. The molecule has 0 aliphatic carbocycles. The summed E-state index contributed by atoms with van der Waals surface area (Å²) in [6.45, 7) is 1.86. The van der Waals surface area contributed by atoms with Crippen LogP contribution in [0.25, 0.3) is 33.6 Å². The van der Waals surface area contributed by atoms with Crippen LogP contribution in [0.15, 0.2) is 105 Å². The zero-order valence-corrected chi connectivity index (χ0v) is 17.9. The van der Waals surface area contributed by atoms with Crippen LogP contribution in [0.1, 0.15) is 5.56 Å². The standard InChI is InChI=1S/C25H18N2O4S/c1-17-12-14-20(15-13-17)32(29,30)27-16-26-24-22(25(27)28)21(18-8-4-2-5-9-18)23(31-24)19-10-6-3-7-11-19/h2-16H,1H3. The first-order valence-electron chi connectivity index (χ1n) is 9.94. The zero-order chi connectivity index (χ0) is 22.3. The first-order valence-corrected chi connectivity index (χ1v) is 11.4. The Morgan fingerprint density at radius 1 is 0.812 bits per heavy atom. The summed E-state index contributed by atoms with van der Waals surface area (Å²) >= 11 is 0. The number of rotatable bonds is 4. The molecule has 158 valence electrons. The van der Waals surface area contributed by atoms with E-state index in [1.807, 2.05) is 67.6 Å². The summed E-state index contributed by atoms with van der Waals surface area (Å²) in [5.41, 5.74) is 2.30. The van der Waals surface area contributed by atoms with E-state index >= 15 is 0 Å². The summed E-state index contributed by atoms with van der Waals surface area (Å²) in [4.78, 5) is 17.8. The number of fused-ring (bicyclic) bond motifs is 1. The summed E-state index contributed by atoms with van der Waals surface area (Å²) < 4.78 is 33.1.